The van der Waals surface area contributed by atoms with Crippen molar-refractivity contribution in [3.63, 3.8) is 0 Å². The van der Waals surface area contributed by atoms with E-state index < -0.39 is 0 Å². The van der Waals surface area contributed by atoms with Crippen LogP contribution in [0.15, 0.2) is 69.6 Å². The van der Waals surface area contributed by atoms with Crippen LogP contribution < -0.4 is 5.43 Å². The molecule has 7 heteroatoms. The molecule has 2 heterocycles. The fraction of sp³-hybridized carbons (Fsp3) is 0.0500. The van der Waals surface area contributed by atoms with Gasteiger partial charge in [0, 0.05) is 21.5 Å². The Morgan fingerprint density at radius 1 is 1.11 bits per heavy atom. The molecule has 0 spiro atoms. The van der Waals surface area contributed by atoms with Crippen molar-refractivity contribution < 1.29 is 4.52 Å². The second-order valence-corrected chi connectivity index (χ2v) is 7.02. The first-order valence-corrected chi connectivity index (χ1v) is 9.49. The van der Waals surface area contributed by atoms with E-state index >= 15 is 0 Å². The molecule has 0 aliphatic heterocycles. The number of nitrogens with zero attached hydrogens (tertiary/aromatic N) is 3. The molecule has 5 nitrogen and oxygen atoms in total. The Morgan fingerprint density at radius 2 is 1.89 bits per heavy atom. The van der Waals surface area contributed by atoms with E-state index in [2.05, 4.69) is 20.7 Å². The van der Waals surface area contributed by atoms with Crippen molar-refractivity contribution in [2.24, 2.45) is 5.10 Å². The molecular weight excluding hydrogens is 380 g/mol. The smallest absolute Gasteiger partial charge is 0.203 e. The van der Waals surface area contributed by atoms with Gasteiger partial charge in [-0.2, -0.15) is 5.10 Å². The van der Waals surface area contributed by atoms with Crippen LogP contribution in [-0.2, 0) is 0 Å². The van der Waals surface area contributed by atoms with Gasteiger partial charge in [0.15, 0.2) is 0 Å². The summed E-state index contributed by atoms with van der Waals surface area (Å²) >= 11 is 7.58. The lowest BCUT2D eigenvalue weighted by atomic mass is 10.0. The lowest BCUT2D eigenvalue weighted by molar-refractivity contribution is 0.400. The van der Waals surface area contributed by atoms with E-state index in [1.54, 1.807) is 6.21 Å². The molecule has 0 aliphatic rings. The van der Waals surface area contributed by atoms with E-state index in [9.17, 15) is 0 Å². The fourth-order valence-corrected chi connectivity index (χ4v) is 3.48. The molecule has 0 amide bonds. The molecule has 2 aromatic heterocycles. The third-order valence-electron chi connectivity index (χ3n) is 3.94. The average molecular weight is 395 g/mol. The molecule has 134 valence electrons. The predicted octanol–water partition coefficient (Wildman–Crippen LogP) is 5.87. The molecular formula is C20H15ClN4OS. The van der Waals surface area contributed by atoms with Gasteiger partial charge in [0.2, 0.25) is 5.13 Å². The first-order chi connectivity index (χ1) is 13.2. The number of thiazole rings is 1. The zero-order valence-corrected chi connectivity index (χ0v) is 16.0. The number of halogens is 1. The maximum Gasteiger partial charge on any atom is 0.203 e. The van der Waals surface area contributed by atoms with Crippen LogP contribution in [0.25, 0.3) is 22.5 Å². The van der Waals surface area contributed by atoms with Gasteiger partial charge in [-0.25, -0.2) is 4.98 Å². The molecule has 0 saturated heterocycles. The van der Waals surface area contributed by atoms with Crippen LogP contribution in [0.5, 0.6) is 0 Å². The SMILES string of the molecule is Cc1onc(-c2ccccc2)c1-c1csc(N/N=C\c2ccccc2Cl)n1. The zero-order chi connectivity index (χ0) is 18.6. The fourth-order valence-electron chi connectivity index (χ4n) is 2.64. The standard InChI is InChI=1S/C20H15ClN4OS/c1-13-18(19(25-26-13)14-7-3-2-4-8-14)17-12-27-20(23-17)24-22-11-15-9-5-6-10-16(15)21/h2-12H,1H3,(H,23,24)/b22-11-. The monoisotopic (exact) mass is 394 g/mol. The molecule has 0 atom stereocenters. The highest BCUT2D eigenvalue weighted by Crippen LogP contribution is 2.35. The lowest BCUT2D eigenvalue weighted by Crippen LogP contribution is -1.91. The molecule has 0 unspecified atom stereocenters. The van der Waals surface area contributed by atoms with Crippen LogP contribution in [0.3, 0.4) is 0 Å². The largest absolute Gasteiger partial charge is 0.360 e. The second-order valence-electron chi connectivity index (χ2n) is 5.76. The third kappa shape index (κ3) is 3.77. The van der Waals surface area contributed by atoms with Gasteiger partial charge in [0.05, 0.1) is 17.5 Å². The summed E-state index contributed by atoms with van der Waals surface area (Å²) < 4.78 is 5.42. The molecule has 2 aromatic carbocycles. The Balaban J connectivity index is 1.57. The quantitative estimate of drug-likeness (QED) is 0.339. The maximum atomic E-state index is 6.12. The van der Waals surface area contributed by atoms with Crippen LogP contribution in [0.1, 0.15) is 11.3 Å². The second kappa shape index (κ2) is 7.73. The Hall–Kier alpha value is -2.96. The van der Waals surface area contributed by atoms with E-state index in [1.165, 1.54) is 11.3 Å². The molecule has 0 saturated carbocycles. The van der Waals surface area contributed by atoms with Gasteiger partial charge in [-0.05, 0) is 13.0 Å². The van der Waals surface area contributed by atoms with Crippen LogP contribution >= 0.6 is 22.9 Å². The van der Waals surface area contributed by atoms with E-state index in [0.717, 1.165) is 33.8 Å². The molecule has 0 aliphatic carbocycles. The summed E-state index contributed by atoms with van der Waals surface area (Å²) in [5.74, 6) is 0.727. The maximum absolute atomic E-state index is 6.12. The highest BCUT2D eigenvalue weighted by Gasteiger charge is 2.18. The number of anilines is 1. The van der Waals surface area contributed by atoms with E-state index in [0.29, 0.717) is 10.2 Å². The Morgan fingerprint density at radius 3 is 2.70 bits per heavy atom. The topological polar surface area (TPSA) is 63.3 Å². The summed E-state index contributed by atoms with van der Waals surface area (Å²) in [4.78, 5) is 4.61. The van der Waals surface area contributed by atoms with E-state index in [4.69, 9.17) is 16.1 Å². The first kappa shape index (κ1) is 17.5. The Labute approximate surface area is 165 Å². The van der Waals surface area contributed by atoms with Gasteiger partial charge in [-0.15, -0.1) is 11.3 Å². The molecule has 0 fully saturated rings. The van der Waals surface area contributed by atoms with Crippen molar-refractivity contribution >= 4 is 34.3 Å². The number of benzene rings is 2. The van der Waals surface area contributed by atoms with Crippen LogP contribution in [0, 0.1) is 6.92 Å². The van der Waals surface area contributed by atoms with Gasteiger partial charge >= 0.3 is 0 Å². The normalized spacial score (nSPS) is 11.2. The zero-order valence-electron chi connectivity index (χ0n) is 14.4. The van der Waals surface area contributed by atoms with Crippen molar-refractivity contribution in [2.45, 2.75) is 6.92 Å². The van der Waals surface area contributed by atoms with Crippen LogP contribution in [0.4, 0.5) is 5.13 Å². The highest BCUT2D eigenvalue weighted by atomic mass is 35.5. The van der Waals surface area contributed by atoms with Crippen molar-refractivity contribution in [1.82, 2.24) is 10.1 Å². The van der Waals surface area contributed by atoms with E-state index in [1.807, 2.05) is 66.9 Å². The minimum atomic E-state index is 0.649. The van der Waals surface area contributed by atoms with Gasteiger partial charge in [-0.1, -0.05) is 65.3 Å². The van der Waals surface area contributed by atoms with Gasteiger partial charge in [0.25, 0.3) is 0 Å². The molecule has 1 N–H and O–H groups in total. The number of rotatable bonds is 5. The molecule has 4 rings (SSSR count). The highest BCUT2D eigenvalue weighted by molar-refractivity contribution is 7.14. The average Bonchev–Trinajstić information content (AvgIpc) is 3.30. The first-order valence-electron chi connectivity index (χ1n) is 8.23. The Kier molecular flexibility index (Phi) is 5.00. The Bertz CT molecular complexity index is 1090. The molecule has 0 radical (unpaired) electrons. The number of nitrogens with one attached hydrogen (secondary N) is 1. The van der Waals surface area contributed by atoms with E-state index in [-0.39, 0.29) is 0 Å². The van der Waals surface area contributed by atoms with Crippen molar-refractivity contribution in [3.05, 3.63) is 76.3 Å². The van der Waals surface area contributed by atoms with Crippen molar-refractivity contribution in [1.29, 1.82) is 0 Å². The summed E-state index contributed by atoms with van der Waals surface area (Å²) in [6.45, 7) is 1.89. The number of aryl methyl sites for hydroxylation is 1. The van der Waals surface area contributed by atoms with Crippen LogP contribution in [0.2, 0.25) is 5.02 Å². The minimum absolute atomic E-state index is 0.649. The molecule has 0 bridgehead atoms. The van der Waals surface area contributed by atoms with Gasteiger partial charge in [0.1, 0.15) is 11.5 Å². The van der Waals surface area contributed by atoms with Crippen molar-refractivity contribution in [2.75, 3.05) is 5.43 Å². The number of hydrogen-bond acceptors (Lipinski definition) is 6. The summed E-state index contributed by atoms with van der Waals surface area (Å²) in [6.07, 6.45) is 1.67. The molecule has 27 heavy (non-hydrogen) atoms. The number of hydrazone groups is 1. The number of hydrogen-bond donors (Lipinski definition) is 1. The molecule has 4 aromatic rings. The number of aromatic nitrogens is 2. The summed E-state index contributed by atoms with van der Waals surface area (Å²) in [7, 11) is 0. The van der Waals surface area contributed by atoms with Crippen molar-refractivity contribution in [3.8, 4) is 22.5 Å². The van der Waals surface area contributed by atoms with Gasteiger partial charge in [-0.3, -0.25) is 5.43 Å². The van der Waals surface area contributed by atoms with Crippen LogP contribution in [-0.4, -0.2) is 16.4 Å². The minimum Gasteiger partial charge on any atom is -0.360 e. The third-order valence-corrected chi connectivity index (χ3v) is 5.03. The summed E-state index contributed by atoms with van der Waals surface area (Å²) in [5.41, 5.74) is 7.25. The summed E-state index contributed by atoms with van der Waals surface area (Å²) in [6, 6.07) is 17.4. The lowest BCUT2D eigenvalue weighted by Gasteiger charge is -1.99. The predicted molar refractivity (Wildman–Crippen MR) is 110 cm³/mol. The van der Waals surface area contributed by atoms with Gasteiger partial charge < -0.3 is 4.52 Å². The summed E-state index contributed by atoms with van der Waals surface area (Å²) in [5, 5.41) is 11.7.